The molecule has 0 atom stereocenters. The molecule has 0 aliphatic carbocycles. The molecule has 9 aromatic carbocycles. The molecular formula is C52H36N2. The van der Waals surface area contributed by atoms with Crippen LogP contribution in [-0.4, -0.2) is 4.57 Å². The summed E-state index contributed by atoms with van der Waals surface area (Å²) in [5.74, 6) is 0. The molecule has 10 rings (SSSR count). The molecule has 0 unspecified atom stereocenters. The van der Waals surface area contributed by atoms with E-state index >= 15 is 0 Å². The second kappa shape index (κ2) is 13.4. The highest BCUT2D eigenvalue weighted by Crippen LogP contribution is 2.48. The predicted octanol–water partition coefficient (Wildman–Crippen LogP) is 14.4. The third kappa shape index (κ3) is 5.27. The van der Waals surface area contributed by atoms with Crippen LogP contribution in [0.5, 0.6) is 0 Å². The van der Waals surface area contributed by atoms with Gasteiger partial charge in [-0.1, -0.05) is 176 Å². The molecule has 0 N–H and O–H groups in total. The summed E-state index contributed by atoms with van der Waals surface area (Å²) in [5.41, 5.74) is 14.0. The number of hydrogen-bond acceptors (Lipinski definition) is 1. The number of para-hydroxylation sites is 4. The molecule has 0 radical (unpaired) electrons. The molecule has 1 aromatic heterocycles. The average molecular weight is 689 g/mol. The van der Waals surface area contributed by atoms with Gasteiger partial charge in [0.05, 0.1) is 28.1 Å². The summed E-state index contributed by atoms with van der Waals surface area (Å²) < 4.78 is 2.46. The predicted molar refractivity (Wildman–Crippen MR) is 229 cm³/mol. The number of hydrogen-bond donors (Lipinski definition) is 0. The fourth-order valence-electron chi connectivity index (χ4n) is 8.27. The van der Waals surface area contributed by atoms with Gasteiger partial charge in [-0.2, -0.15) is 0 Å². The Balaban J connectivity index is 1.25. The quantitative estimate of drug-likeness (QED) is 0.162. The Morgan fingerprint density at radius 3 is 1.69 bits per heavy atom. The van der Waals surface area contributed by atoms with E-state index in [4.69, 9.17) is 0 Å². The molecule has 1 heterocycles. The van der Waals surface area contributed by atoms with Gasteiger partial charge in [0.15, 0.2) is 0 Å². The highest BCUT2D eigenvalue weighted by atomic mass is 15.2. The van der Waals surface area contributed by atoms with E-state index in [0.717, 1.165) is 28.3 Å². The van der Waals surface area contributed by atoms with Crippen molar-refractivity contribution in [1.29, 1.82) is 0 Å². The maximum Gasteiger partial charge on any atom is 0.0562 e. The van der Waals surface area contributed by atoms with Crippen molar-refractivity contribution in [2.24, 2.45) is 0 Å². The van der Waals surface area contributed by atoms with Gasteiger partial charge in [-0.25, -0.2) is 0 Å². The Kier molecular flexibility index (Phi) is 7.85. The zero-order valence-corrected chi connectivity index (χ0v) is 29.7. The van der Waals surface area contributed by atoms with Crippen molar-refractivity contribution in [2.75, 3.05) is 4.90 Å². The fraction of sp³-hybridized carbons (Fsp3) is 0. The van der Waals surface area contributed by atoms with Crippen LogP contribution in [0.2, 0.25) is 0 Å². The molecule has 2 nitrogen and oxygen atoms in total. The van der Waals surface area contributed by atoms with Crippen molar-refractivity contribution < 1.29 is 0 Å². The van der Waals surface area contributed by atoms with Crippen molar-refractivity contribution in [2.45, 2.75) is 0 Å². The van der Waals surface area contributed by atoms with E-state index in [2.05, 4.69) is 228 Å². The second-order valence-electron chi connectivity index (χ2n) is 13.7. The summed E-state index contributed by atoms with van der Waals surface area (Å²) in [6.07, 6.45) is 0. The van der Waals surface area contributed by atoms with Crippen LogP contribution < -0.4 is 4.90 Å². The number of aromatic nitrogens is 1. The van der Waals surface area contributed by atoms with Gasteiger partial charge in [0, 0.05) is 27.6 Å². The van der Waals surface area contributed by atoms with Gasteiger partial charge in [-0.05, 0) is 75.5 Å². The Morgan fingerprint density at radius 1 is 0.315 bits per heavy atom. The minimum absolute atomic E-state index is 1.10. The lowest BCUT2D eigenvalue weighted by atomic mass is 9.93. The third-order valence-electron chi connectivity index (χ3n) is 10.6. The summed E-state index contributed by atoms with van der Waals surface area (Å²) in [7, 11) is 0. The van der Waals surface area contributed by atoms with Crippen molar-refractivity contribution in [3.63, 3.8) is 0 Å². The van der Waals surface area contributed by atoms with Crippen LogP contribution >= 0.6 is 0 Å². The monoisotopic (exact) mass is 688 g/mol. The number of anilines is 3. The van der Waals surface area contributed by atoms with Crippen molar-refractivity contribution in [3.05, 3.63) is 218 Å². The van der Waals surface area contributed by atoms with Gasteiger partial charge >= 0.3 is 0 Å². The van der Waals surface area contributed by atoms with Crippen LogP contribution in [0.1, 0.15) is 0 Å². The molecule has 0 aliphatic heterocycles. The topological polar surface area (TPSA) is 8.17 Å². The standard InChI is InChI=1S/C52H36N2/c1-3-19-37(20-4-1)40-26-9-10-27-42(40)44-28-11-14-32-47(44)53(39-23-5-2-6-24-39)50-35-18-36-51-52(50)46-30-13-16-34-49(46)54(51)48-33-15-12-29-45(48)43-31-17-22-38-21-7-8-25-41(38)43/h1-36H. The summed E-state index contributed by atoms with van der Waals surface area (Å²) in [6, 6.07) is 78.8. The lowest BCUT2D eigenvalue weighted by molar-refractivity contribution is 1.18. The van der Waals surface area contributed by atoms with Crippen LogP contribution in [0.4, 0.5) is 17.1 Å². The lowest BCUT2D eigenvalue weighted by Gasteiger charge is -2.29. The largest absolute Gasteiger partial charge is 0.309 e. The fourth-order valence-corrected chi connectivity index (χ4v) is 8.27. The van der Waals surface area contributed by atoms with Gasteiger partial charge in [0.2, 0.25) is 0 Å². The summed E-state index contributed by atoms with van der Waals surface area (Å²) in [6.45, 7) is 0. The summed E-state index contributed by atoms with van der Waals surface area (Å²) >= 11 is 0. The van der Waals surface area contributed by atoms with E-state index in [1.54, 1.807) is 0 Å². The normalized spacial score (nSPS) is 11.3. The van der Waals surface area contributed by atoms with Crippen LogP contribution in [0.15, 0.2) is 218 Å². The Morgan fingerprint density at radius 2 is 0.852 bits per heavy atom. The molecule has 0 aliphatic rings. The first kappa shape index (κ1) is 31.6. The Bertz CT molecular complexity index is 2930. The Hall–Kier alpha value is -7.16. The molecule has 0 fully saturated rings. The molecular weight excluding hydrogens is 653 g/mol. The first-order valence-electron chi connectivity index (χ1n) is 18.5. The van der Waals surface area contributed by atoms with Crippen LogP contribution in [0.3, 0.4) is 0 Å². The van der Waals surface area contributed by atoms with Crippen molar-refractivity contribution in [1.82, 2.24) is 4.57 Å². The third-order valence-corrected chi connectivity index (χ3v) is 10.6. The van der Waals surface area contributed by atoms with E-state index in [-0.39, 0.29) is 0 Å². The molecule has 0 saturated heterocycles. The summed E-state index contributed by atoms with van der Waals surface area (Å²) in [5, 5.41) is 4.90. The first-order chi connectivity index (χ1) is 26.8. The maximum absolute atomic E-state index is 2.46. The van der Waals surface area contributed by atoms with Crippen LogP contribution in [-0.2, 0) is 0 Å². The molecule has 54 heavy (non-hydrogen) atoms. The number of rotatable bonds is 7. The van der Waals surface area contributed by atoms with Gasteiger partial charge in [-0.3, -0.25) is 0 Å². The lowest BCUT2D eigenvalue weighted by Crippen LogP contribution is -2.11. The SMILES string of the molecule is c1ccc(-c2ccccc2-c2ccccc2N(c2ccccc2)c2cccc3c2c2ccccc2n3-c2ccccc2-c2cccc3ccccc23)cc1. The van der Waals surface area contributed by atoms with Crippen molar-refractivity contribution in [3.8, 4) is 39.1 Å². The van der Waals surface area contributed by atoms with E-state index in [0.29, 0.717) is 0 Å². The minimum atomic E-state index is 1.10. The number of fused-ring (bicyclic) bond motifs is 4. The van der Waals surface area contributed by atoms with E-state index < -0.39 is 0 Å². The maximum atomic E-state index is 2.46. The zero-order valence-electron chi connectivity index (χ0n) is 29.7. The second-order valence-corrected chi connectivity index (χ2v) is 13.7. The zero-order chi connectivity index (χ0) is 35.8. The average Bonchev–Trinajstić information content (AvgIpc) is 3.59. The number of nitrogens with zero attached hydrogens (tertiary/aromatic N) is 2. The van der Waals surface area contributed by atoms with Crippen LogP contribution in [0.25, 0.3) is 71.6 Å². The van der Waals surface area contributed by atoms with E-state index in [1.165, 1.54) is 60.4 Å². The van der Waals surface area contributed by atoms with E-state index in [9.17, 15) is 0 Å². The molecule has 0 saturated carbocycles. The van der Waals surface area contributed by atoms with E-state index in [1.807, 2.05) is 0 Å². The Labute approximate surface area is 315 Å². The van der Waals surface area contributed by atoms with Gasteiger partial charge < -0.3 is 9.47 Å². The molecule has 0 amide bonds. The number of benzene rings is 9. The molecule has 10 aromatic rings. The summed E-state index contributed by atoms with van der Waals surface area (Å²) in [4.78, 5) is 2.45. The van der Waals surface area contributed by atoms with Gasteiger partial charge in [0.25, 0.3) is 0 Å². The van der Waals surface area contributed by atoms with Gasteiger partial charge in [-0.15, -0.1) is 0 Å². The highest BCUT2D eigenvalue weighted by Gasteiger charge is 2.24. The highest BCUT2D eigenvalue weighted by molar-refractivity contribution is 6.17. The molecule has 2 heteroatoms. The molecule has 0 bridgehead atoms. The molecule has 254 valence electrons. The first-order valence-corrected chi connectivity index (χ1v) is 18.5. The van der Waals surface area contributed by atoms with Gasteiger partial charge in [0.1, 0.15) is 0 Å². The smallest absolute Gasteiger partial charge is 0.0562 e. The van der Waals surface area contributed by atoms with Crippen molar-refractivity contribution >= 4 is 49.6 Å². The minimum Gasteiger partial charge on any atom is -0.309 e. The van der Waals surface area contributed by atoms with Crippen LogP contribution in [0, 0.1) is 0 Å². The molecule has 0 spiro atoms.